The lowest BCUT2D eigenvalue weighted by Crippen LogP contribution is -2.56. The smallest absolute Gasteiger partial charge is 0.253 e. The summed E-state index contributed by atoms with van der Waals surface area (Å²) in [5, 5.41) is 0. The molecule has 2 amide bonds. The molecule has 2 aliphatic rings. The zero-order valence-corrected chi connectivity index (χ0v) is 17.7. The normalized spacial score (nSPS) is 18.5. The van der Waals surface area contributed by atoms with Crippen molar-refractivity contribution in [2.75, 3.05) is 46.5 Å². The molecule has 0 spiro atoms. The Balaban J connectivity index is 1.45. The van der Waals surface area contributed by atoms with E-state index < -0.39 is 5.41 Å². The first-order valence-electron chi connectivity index (χ1n) is 10.6. The molecule has 2 heterocycles. The van der Waals surface area contributed by atoms with Crippen LogP contribution in [0.3, 0.4) is 0 Å². The molecular weight excluding hydrogens is 399 g/mol. The van der Waals surface area contributed by atoms with Crippen LogP contribution in [0.15, 0.2) is 48.5 Å². The van der Waals surface area contributed by atoms with E-state index in [0.29, 0.717) is 63.5 Å². The summed E-state index contributed by atoms with van der Waals surface area (Å²) in [6.45, 7) is 2.91. The standard InChI is InChI=1S/C24H27FN2O4/c1-30-21-8-2-18(3-9-21)22(28)26-12-14-27(15-13-26)23(29)24(10-16-31-17-11-24)19-4-6-20(25)7-5-19/h2-9H,10-17H2,1H3. The third kappa shape index (κ3) is 4.28. The van der Waals surface area contributed by atoms with Crippen molar-refractivity contribution in [1.29, 1.82) is 0 Å². The molecule has 0 aromatic heterocycles. The lowest BCUT2D eigenvalue weighted by atomic mass is 9.73. The van der Waals surface area contributed by atoms with Gasteiger partial charge in [-0.15, -0.1) is 0 Å². The van der Waals surface area contributed by atoms with E-state index in [9.17, 15) is 14.0 Å². The van der Waals surface area contributed by atoms with Crippen LogP contribution < -0.4 is 4.74 Å². The van der Waals surface area contributed by atoms with Gasteiger partial charge in [0.2, 0.25) is 5.91 Å². The van der Waals surface area contributed by atoms with Gasteiger partial charge in [-0.25, -0.2) is 4.39 Å². The maximum atomic E-state index is 13.6. The van der Waals surface area contributed by atoms with Gasteiger partial charge in [0.1, 0.15) is 11.6 Å². The average molecular weight is 426 g/mol. The molecule has 0 N–H and O–H groups in total. The third-order valence-electron chi connectivity index (χ3n) is 6.34. The Kier molecular flexibility index (Phi) is 6.23. The highest BCUT2D eigenvalue weighted by Crippen LogP contribution is 2.37. The van der Waals surface area contributed by atoms with E-state index in [0.717, 1.165) is 5.56 Å². The summed E-state index contributed by atoms with van der Waals surface area (Å²) in [5.74, 6) is 0.381. The minimum Gasteiger partial charge on any atom is -0.497 e. The SMILES string of the molecule is COc1ccc(C(=O)N2CCN(C(=O)C3(c4ccc(F)cc4)CCOCC3)CC2)cc1. The second kappa shape index (κ2) is 9.06. The van der Waals surface area contributed by atoms with Crippen LogP contribution in [0.4, 0.5) is 4.39 Å². The van der Waals surface area contributed by atoms with Gasteiger partial charge < -0.3 is 19.3 Å². The van der Waals surface area contributed by atoms with Crippen LogP contribution in [0.5, 0.6) is 5.75 Å². The summed E-state index contributed by atoms with van der Waals surface area (Å²) < 4.78 is 24.1. The fourth-order valence-corrected chi connectivity index (χ4v) is 4.45. The number of benzene rings is 2. The first-order chi connectivity index (χ1) is 15.0. The van der Waals surface area contributed by atoms with Gasteiger partial charge in [-0.05, 0) is 54.8 Å². The number of carbonyl (C=O) groups excluding carboxylic acids is 2. The van der Waals surface area contributed by atoms with Crippen molar-refractivity contribution in [3.05, 3.63) is 65.5 Å². The van der Waals surface area contributed by atoms with E-state index in [4.69, 9.17) is 9.47 Å². The van der Waals surface area contributed by atoms with Crippen LogP contribution in [-0.4, -0.2) is 68.1 Å². The Morgan fingerprint density at radius 2 is 1.48 bits per heavy atom. The van der Waals surface area contributed by atoms with Crippen LogP contribution in [0, 0.1) is 5.82 Å². The molecule has 2 aliphatic heterocycles. The number of methoxy groups -OCH3 is 1. The van der Waals surface area contributed by atoms with Gasteiger partial charge in [0.15, 0.2) is 0 Å². The van der Waals surface area contributed by atoms with E-state index in [2.05, 4.69) is 0 Å². The number of nitrogens with zero attached hydrogens (tertiary/aromatic N) is 2. The summed E-state index contributed by atoms with van der Waals surface area (Å²) in [4.78, 5) is 30.1. The maximum Gasteiger partial charge on any atom is 0.253 e. The van der Waals surface area contributed by atoms with Crippen molar-refractivity contribution in [2.24, 2.45) is 0 Å². The minimum atomic E-state index is -0.700. The van der Waals surface area contributed by atoms with Crippen molar-refractivity contribution in [3.8, 4) is 5.75 Å². The van der Waals surface area contributed by atoms with E-state index in [1.165, 1.54) is 12.1 Å². The molecule has 0 unspecified atom stereocenters. The number of amides is 2. The number of ether oxygens (including phenoxy) is 2. The first kappa shape index (κ1) is 21.3. The molecule has 4 rings (SSSR count). The van der Waals surface area contributed by atoms with Crippen molar-refractivity contribution in [2.45, 2.75) is 18.3 Å². The van der Waals surface area contributed by atoms with Gasteiger partial charge in [0.05, 0.1) is 12.5 Å². The third-order valence-corrected chi connectivity index (χ3v) is 6.34. The molecule has 2 saturated heterocycles. The molecule has 2 fully saturated rings. The number of carbonyl (C=O) groups is 2. The van der Waals surface area contributed by atoms with Crippen molar-refractivity contribution in [1.82, 2.24) is 9.80 Å². The highest BCUT2D eigenvalue weighted by molar-refractivity contribution is 5.94. The summed E-state index contributed by atoms with van der Waals surface area (Å²) in [6, 6.07) is 13.3. The number of hydrogen-bond acceptors (Lipinski definition) is 4. The molecule has 31 heavy (non-hydrogen) atoms. The Hall–Kier alpha value is -2.93. The van der Waals surface area contributed by atoms with Crippen molar-refractivity contribution < 1.29 is 23.5 Å². The van der Waals surface area contributed by atoms with Gasteiger partial charge in [-0.3, -0.25) is 9.59 Å². The summed E-state index contributed by atoms with van der Waals surface area (Å²) in [7, 11) is 1.59. The fourth-order valence-electron chi connectivity index (χ4n) is 4.45. The van der Waals surface area contributed by atoms with Gasteiger partial charge >= 0.3 is 0 Å². The molecule has 164 valence electrons. The summed E-state index contributed by atoms with van der Waals surface area (Å²) in [5.41, 5.74) is 0.736. The Morgan fingerprint density at radius 3 is 2.06 bits per heavy atom. The average Bonchev–Trinajstić information content (AvgIpc) is 2.84. The van der Waals surface area contributed by atoms with Crippen LogP contribution >= 0.6 is 0 Å². The van der Waals surface area contributed by atoms with Gasteiger partial charge in [0, 0.05) is 45.0 Å². The summed E-state index contributed by atoms with van der Waals surface area (Å²) in [6.07, 6.45) is 1.14. The van der Waals surface area contributed by atoms with E-state index in [1.807, 2.05) is 4.90 Å². The second-order valence-corrected chi connectivity index (χ2v) is 8.01. The van der Waals surface area contributed by atoms with E-state index in [-0.39, 0.29) is 17.6 Å². The molecule has 6 nitrogen and oxygen atoms in total. The van der Waals surface area contributed by atoms with Crippen LogP contribution in [0.25, 0.3) is 0 Å². The van der Waals surface area contributed by atoms with E-state index in [1.54, 1.807) is 48.4 Å². The molecule has 0 radical (unpaired) electrons. The van der Waals surface area contributed by atoms with Crippen LogP contribution in [0.1, 0.15) is 28.8 Å². The fraction of sp³-hybridized carbons (Fsp3) is 0.417. The molecule has 0 atom stereocenters. The zero-order valence-electron chi connectivity index (χ0n) is 17.7. The van der Waals surface area contributed by atoms with Gasteiger partial charge in [-0.1, -0.05) is 12.1 Å². The predicted octanol–water partition coefficient (Wildman–Crippen LogP) is 2.87. The lowest BCUT2D eigenvalue weighted by Gasteiger charge is -2.43. The first-order valence-corrected chi connectivity index (χ1v) is 10.6. The minimum absolute atomic E-state index is 0.0407. The Labute approximate surface area is 181 Å². The number of rotatable bonds is 4. The second-order valence-electron chi connectivity index (χ2n) is 8.01. The number of halogens is 1. The highest BCUT2D eigenvalue weighted by Gasteiger charge is 2.44. The van der Waals surface area contributed by atoms with Crippen molar-refractivity contribution >= 4 is 11.8 Å². The van der Waals surface area contributed by atoms with Crippen LogP contribution in [0.2, 0.25) is 0 Å². The number of piperazine rings is 1. The molecule has 2 aromatic rings. The molecule has 0 saturated carbocycles. The molecule has 2 aromatic carbocycles. The zero-order chi connectivity index (χ0) is 21.8. The molecule has 0 aliphatic carbocycles. The topological polar surface area (TPSA) is 59.1 Å². The van der Waals surface area contributed by atoms with Crippen molar-refractivity contribution in [3.63, 3.8) is 0 Å². The molecule has 0 bridgehead atoms. The quantitative estimate of drug-likeness (QED) is 0.755. The van der Waals surface area contributed by atoms with Crippen LogP contribution in [-0.2, 0) is 14.9 Å². The number of hydrogen-bond donors (Lipinski definition) is 0. The van der Waals surface area contributed by atoms with Gasteiger partial charge in [-0.2, -0.15) is 0 Å². The Morgan fingerprint density at radius 1 is 0.903 bits per heavy atom. The molecular formula is C24H27FN2O4. The largest absolute Gasteiger partial charge is 0.497 e. The monoisotopic (exact) mass is 426 g/mol. The Bertz CT molecular complexity index is 916. The molecule has 7 heteroatoms. The highest BCUT2D eigenvalue weighted by atomic mass is 19.1. The predicted molar refractivity (Wildman–Crippen MR) is 114 cm³/mol. The van der Waals surface area contributed by atoms with E-state index >= 15 is 0 Å². The van der Waals surface area contributed by atoms with Gasteiger partial charge in [0.25, 0.3) is 5.91 Å². The maximum absolute atomic E-state index is 13.6. The lowest BCUT2D eigenvalue weighted by molar-refractivity contribution is -0.142. The summed E-state index contributed by atoms with van der Waals surface area (Å²) >= 11 is 0.